The third-order valence-corrected chi connectivity index (χ3v) is 3.77. The molecule has 1 unspecified atom stereocenters. The SMILES string of the molecule is CN(CCc1ccc(Br)cc1)C(=O)C1COCCN1.Cl. The van der Waals surface area contributed by atoms with E-state index in [1.165, 1.54) is 5.56 Å². The van der Waals surface area contributed by atoms with Crippen molar-refractivity contribution in [1.82, 2.24) is 10.2 Å². The summed E-state index contributed by atoms with van der Waals surface area (Å²) in [5, 5.41) is 3.18. The van der Waals surface area contributed by atoms with Crippen molar-refractivity contribution in [3.8, 4) is 0 Å². The Bertz CT molecular complexity index is 422. The second kappa shape index (κ2) is 8.62. The molecule has 4 nitrogen and oxygen atoms in total. The number of nitrogens with zero attached hydrogens (tertiary/aromatic N) is 1. The number of carbonyl (C=O) groups excluding carboxylic acids is 1. The topological polar surface area (TPSA) is 41.6 Å². The minimum absolute atomic E-state index is 0. The van der Waals surface area contributed by atoms with Crippen LogP contribution in [0.3, 0.4) is 0 Å². The first-order chi connectivity index (χ1) is 9.16. The van der Waals surface area contributed by atoms with Gasteiger partial charge in [0.05, 0.1) is 13.2 Å². The van der Waals surface area contributed by atoms with Crippen molar-refractivity contribution in [3.63, 3.8) is 0 Å². The van der Waals surface area contributed by atoms with Crippen molar-refractivity contribution in [2.75, 3.05) is 33.4 Å². The third kappa shape index (κ3) is 5.05. The number of nitrogens with one attached hydrogen (secondary N) is 1. The van der Waals surface area contributed by atoms with E-state index in [1.807, 2.05) is 19.2 Å². The fourth-order valence-electron chi connectivity index (χ4n) is 2.05. The maximum atomic E-state index is 12.1. The van der Waals surface area contributed by atoms with E-state index in [0.717, 1.165) is 24.0 Å². The molecule has 0 radical (unpaired) electrons. The second-order valence-corrected chi connectivity index (χ2v) is 5.63. The number of hydrogen-bond donors (Lipinski definition) is 1. The summed E-state index contributed by atoms with van der Waals surface area (Å²) in [7, 11) is 1.84. The number of rotatable bonds is 4. The minimum Gasteiger partial charge on any atom is -0.378 e. The first-order valence-electron chi connectivity index (χ1n) is 6.47. The lowest BCUT2D eigenvalue weighted by Gasteiger charge is -2.27. The first kappa shape index (κ1) is 17.4. The molecule has 0 spiro atoms. The van der Waals surface area contributed by atoms with Crippen molar-refractivity contribution in [1.29, 1.82) is 0 Å². The van der Waals surface area contributed by atoms with Gasteiger partial charge >= 0.3 is 0 Å². The highest BCUT2D eigenvalue weighted by atomic mass is 79.9. The van der Waals surface area contributed by atoms with Crippen molar-refractivity contribution >= 4 is 34.2 Å². The standard InChI is InChI=1S/C14H19BrN2O2.ClH/c1-17(14(18)13-10-19-9-7-16-13)8-6-11-2-4-12(15)5-3-11;/h2-5,13,16H,6-10H2,1H3;1H. The lowest BCUT2D eigenvalue weighted by atomic mass is 10.1. The van der Waals surface area contributed by atoms with Gasteiger partial charge in [0.25, 0.3) is 0 Å². The summed E-state index contributed by atoms with van der Waals surface area (Å²) in [4.78, 5) is 13.9. The molecule has 1 heterocycles. The van der Waals surface area contributed by atoms with Crippen LogP contribution < -0.4 is 5.32 Å². The fourth-order valence-corrected chi connectivity index (χ4v) is 2.31. The number of carbonyl (C=O) groups is 1. The Kier molecular flexibility index (Phi) is 7.51. The van der Waals surface area contributed by atoms with E-state index in [4.69, 9.17) is 4.74 Å². The highest BCUT2D eigenvalue weighted by Crippen LogP contribution is 2.11. The van der Waals surface area contributed by atoms with Crippen molar-refractivity contribution < 1.29 is 9.53 Å². The van der Waals surface area contributed by atoms with E-state index >= 15 is 0 Å². The van der Waals surface area contributed by atoms with E-state index in [0.29, 0.717) is 13.2 Å². The number of hydrogen-bond acceptors (Lipinski definition) is 3. The van der Waals surface area contributed by atoms with Crippen LogP contribution in [0, 0.1) is 0 Å². The van der Waals surface area contributed by atoms with Gasteiger partial charge in [0.1, 0.15) is 6.04 Å². The highest BCUT2D eigenvalue weighted by Gasteiger charge is 2.23. The quantitative estimate of drug-likeness (QED) is 0.888. The van der Waals surface area contributed by atoms with Crippen molar-refractivity contribution in [3.05, 3.63) is 34.3 Å². The molecule has 1 fully saturated rings. The summed E-state index contributed by atoms with van der Waals surface area (Å²) < 4.78 is 6.39. The maximum Gasteiger partial charge on any atom is 0.241 e. The van der Waals surface area contributed by atoms with E-state index in [2.05, 4.69) is 33.4 Å². The number of likely N-dealkylation sites (N-methyl/N-ethyl adjacent to an activating group) is 1. The van der Waals surface area contributed by atoms with Gasteiger partial charge in [-0.3, -0.25) is 4.79 Å². The first-order valence-corrected chi connectivity index (χ1v) is 7.26. The zero-order valence-corrected chi connectivity index (χ0v) is 13.9. The van der Waals surface area contributed by atoms with Crippen LogP contribution in [-0.4, -0.2) is 50.2 Å². The molecule has 1 amide bonds. The maximum absolute atomic E-state index is 12.1. The van der Waals surface area contributed by atoms with Crippen LogP contribution in [0.5, 0.6) is 0 Å². The molecule has 0 aliphatic carbocycles. The van der Waals surface area contributed by atoms with Crippen LogP contribution >= 0.6 is 28.3 Å². The molecule has 1 atom stereocenters. The fraction of sp³-hybridized carbons (Fsp3) is 0.500. The minimum atomic E-state index is -0.191. The largest absolute Gasteiger partial charge is 0.378 e. The highest BCUT2D eigenvalue weighted by molar-refractivity contribution is 9.10. The van der Waals surface area contributed by atoms with Crippen LogP contribution in [-0.2, 0) is 16.0 Å². The summed E-state index contributed by atoms with van der Waals surface area (Å²) in [6.45, 7) is 2.63. The van der Waals surface area contributed by atoms with Crippen LogP contribution in [0.4, 0.5) is 0 Å². The van der Waals surface area contributed by atoms with E-state index in [-0.39, 0.29) is 24.4 Å². The zero-order chi connectivity index (χ0) is 13.7. The molecule has 0 saturated carbocycles. The van der Waals surface area contributed by atoms with Crippen LogP contribution in [0.1, 0.15) is 5.56 Å². The smallest absolute Gasteiger partial charge is 0.241 e. The predicted octanol–water partition coefficient (Wildman–Crippen LogP) is 1.86. The molecule has 0 aromatic heterocycles. The summed E-state index contributed by atoms with van der Waals surface area (Å²) >= 11 is 3.41. The second-order valence-electron chi connectivity index (χ2n) is 4.72. The Balaban J connectivity index is 0.00000200. The van der Waals surface area contributed by atoms with Gasteiger partial charge in [-0.05, 0) is 24.1 Å². The molecule has 1 aliphatic rings. The van der Waals surface area contributed by atoms with Crippen molar-refractivity contribution in [2.45, 2.75) is 12.5 Å². The molecule has 112 valence electrons. The van der Waals surface area contributed by atoms with Gasteiger partial charge in [-0.1, -0.05) is 28.1 Å². The molecule has 20 heavy (non-hydrogen) atoms. The van der Waals surface area contributed by atoms with Crippen molar-refractivity contribution in [2.24, 2.45) is 0 Å². The molecule has 6 heteroatoms. The molecular weight excluding hydrogens is 344 g/mol. The summed E-state index contributed by atoms with van der Waals surface area (Å²) in [5.74, 6) is 0.108. The Labute approximate surface area is 134 Å². The molecule has 2 rings (SSSR count). The Morgan fingerprint density at radius 2 is 2.15 bits per heavy atom. The molecule has 1 aliphatic heterocycles. The van der Waals surface area contributed by atoms with Gasteiger partial charge in [0.15, 0.2) is 0 Å². The van der Waals surface area contributed by atoms with Crippen LogP contribution in [0.2, 0.25) is 0 Å². The van der Waals surface area contributed by atoms with Crippen LogP contribution in [0.25, 0.3) is 0 Å². The number of ether oxygens (including phenoxy) is 1. The molecule has 1 aromatic carbocycles. The normalized spacial score (nSPS) is 18.2. The number of halogens is 2. The van der Waals surface area contributed by atoms with Gasteiger partial charge in [0.2, 0.25) is 5.91 Å². The Hall–Kier alpha value is -0.620. The zero-order valence-electron chi connectivity index (χ0n) is 11.5. The molecule has 1 aromatic rings. The van der Waals surface area contributed by atoms with Gasteiger partial charge in [0, 0.05) is 24.6 Å². The third-order valence-electron chi connectivity index (χ3n) is 3.25. The van der Waals surface area contributed by atoms with E-state index in [1.54, 1.807) is 4.90 Å². The molecular formula is C14H20BrClN2O2. The summed E-state index contributed by atoms with van der Waals surface area (Å²) in [6, 6.07) is 8.00. The van der Waals surface area contributed by atoms with Gasteiger partial charge in [-0.2, -0.15) is 0 Å². The monoisotopic (exact) mass is 362 g/mol. The van der Waals surface area contributed by atoms with E-state index < -0.39 is 0 Å². The van der Waals surface area contributed by atoms with E-state index in [9.17, 15) is 4.79 Å². The molecule has 0 bridgehead atoms. The number of amides is 1. The number of benzene rings is 1. The van der Waals surface area contributed by atoms with Gasteiger partial charge < -0.3 is 15.0 Å². The van der Waals surface area contributed by atoms with Gasteiger partial charge in [-0.25, -0.2) is 0 Å². The predicted molar refractivity (Wildman–Crippen MR) is 85.3 cm³/mol. The Morgan fingerprint density at radius 1 is 1.45 bits per heavy atom. The lowest BCUT2D eigenvalue weighted by Crippen LogP contribution is -2.51. The Morgan fingerprint density at radius 3 is 2.75 bits per heavy atom. The summed E-state index contributed by atoms with van der Waals surface area (Å²) in [5.41, 5.74) is 1.23. The average Bonchev–Trinajstić information content (AvgIpc) is 2.46. The van der Waals surface area contributed by atoms with Gasteiger partial charge in [-0.15, -0.1) is 12.4 Å². The van der Waals surface area contributed by atoms with Crippen LogP contribution in [0.15, 0.2) is 28.7 Å². The number of morpholine rings is 1. The summed E-state index contributed by atoms with van der Waals surface area (Å²) in [6.07, 6.45) is 0.864. The lowest BCUT2D eigenvalue weighted by molar-refractivity contribution is -0.135. The molecule has 1 N–H and O–H groups in total. The molecule has 1 saturated heterocycles. The average molecular weight is 364 g/mol.